The van der Waals surface area contributed by atoms with E-state index in [1.165, 1.54) is 30.5 Å². The quantitative estimate of drug-likeness (QED) is 0.627. The first-order chi connectivity index (χ1) is 13.3. The van der Waals surface area contributed by atoms with Gasteiger partial charge in [-0.15, -0.1) is 0 Å². The number of rotatable bonds is 5. The van der Waals surface area contributed by atoms with Gasteiger partial charge in [-0.2, -0.15) is 5.26 Å². The van der Waals surface area contributed by atoms with E-state index in [-0.39, 0.29) is 33.6 Å². The van der Waals surface area contributed by atoms with Crippen LogP contribution in [0.1, 0.15) is 5.56 Å². The Labute approximate surface area is 161 Å². The van der Waals surface area contributed by atoms with Crippen molar-refractivity contribution in [1.29, 1.82) is 5.26 Å². The molecule has 0 aliphatic carbocycles. The lowest BCUT2D eigenvalue weighted by atomic mass is 10.2. The molecule has 0 amide bonds. The lowest BCUT2D eigenvalue weighted by Crippen LogP contribution is -2.01. The summed E-state index contributed by atoms with van der Waals surface area (Å²) in [6.45, 7) is 0. The molecule has 0 saturated carbocycles. The first-order valence-corrected chi connectivity index (χ1v) is 9.87. The minimum atomic E-state index is -3.42. The Morgan fingerprint density at radius 2 is 1.61 bits per heavy atom. The standard InChI is InChI=1S/C19H16N4O4S/c1-28(24,25)19-7-6-13(11-23-19)26-17-8-14(21)15(22)9-18(17)27-16-5-3-2-4-12(16)10-20/h2-9,11H,21-22H2,1H3. The number of nitriles is 1. The Hall–Kier alpha value is -3.77. The van der Waals surface area contributed by atoms with Crippen LogP contribution in [0.3, 0.4) is 0 Å². The van der Waals surface area contributed by atoms with Crippen LogP contribution in [0.15, 0.2) is 59.8 Å². The average Bonchev–Trinajstić information content (AvgIpc) is 2.66. The molecule has 1 heterocycles. The Balaban J connectivity index is 1.97. The van der Waals surface area contributed by atoms with Gasteiger partial charge in [0.2, 0.25) is 0 Å². The zero-order valence-corrected chi connectivity index (χ0v) is 15.6. The highest BCUT2D eigenvalue weighted by atomic mass is 32.2. The lowest BCUT2D eigenvalue weighted by molar-refractivity contribution is 0.417. The number of nitrogen functional groups attached to an aromatic ring is 2. The predicted octanol–water partition coefficient (Wildman–Crippen LogP) is 3.11. The lowest BCUT2D eigenvalue weighted by Gasteiger charge is -2.15. The topological polar surface area (TPSA) is 141 Å². The highest BCUT2D eigenvalue weighted by Crippen LogP contribution is 2.39. The summed E-state index contributed by atoms with van der Waals surface area (Å²) in [7, 11) is -3.42. The fraction of sp³-hybridized carbons (Fsp3) is 0.0526. The molecule has 0 aliphatic rings. The van der Waals surface area contributed by atoms with Crippen molar-refractivity contribution in [3.8, 4) is 29.1 Å². The maximum atomic E-state index is 11.5. The van der Waals surface area contributed by atoms with E-state index in [0.29, 0.717) is 11.3 Å². The van der Waals surface area contributed by atoms with Crippen LogP contribution in [-0.2, 0) is 9.84 Å². The van der Waals surface area contributed by atoms with Crippen LogP contribution < -0.4 is 20.9 Å². The van der Waals surface area contributed by atoms with Gasteiger partial charge in [0.15, 0.2) is 26.4 Å². The van der Waals surface area contributed by atoms with E-state index in [9.17, 15) is 13.7 Å². The summed E-state index contributed by atoms with van der Waals surface area (Å²) < 4.78 is 34.6. The van der Waals surface area contributed by atoms with Crippen molar-refractivity contribution in [3.63, 3.8) is 0 Å². The van der Waals surface area contributed by atoms with Crippen molar-refractivity contribution < 1.29 is 17.9 Å². The first kappa shape index (κ1) is 19.0. The van der Waals surface area contributed by atoms with E-state index in [4.69, 9.17) is 20.9 Å². The van der Waals surface area contributed by atoms with Crippen LogP contribution in [0.25, 0.3) is 0 Å². The van der Waals surface area contributed by atoms with Crippen molar-refractivity contribution in [3.05, 3.63) is 60.3 Å². The summed E-state index contributed by atoms with van der Waals surface area (Å²) >= 11 is 0. The minimum Gasteiger partial charge on any atom is -0.452 e. The van der Waals surface area contributed by atoms with Crippen molar-refractivity contribution in [1.82, 2.24) is 4.98 Å². The van der Waals surface area contributed by atoms with Gasteiger partial charge < -0.3 is 20.9 Å². The van der Waals surface area contributed by atoms with Crippen molar-refractivity contribution in [2.75, 3.05) is 17.7 Å². The average molecular weight is 396 g/mol. The van der Waals surface area contributed by atoms with Crippen LogP contribution in [-0.4, -0.2) is 19.7 Å². The van der Waals surface area contributed by atoms with Gasteiger partial charge in [0.1, 0.15) is 17.6 Å². The second-order valence-electron chi connectivity index (χ2n) is 5.84. The molecule has 9 heteroatoms. The van der Waals surface area contributed by atoms with Crippen LogP contribution in [0.4, 0.5) is 11.4 Å². The molecule has 0 unspecified atom stereocenters. The van der Waals surface area contributed by atoms with E-state index in [0.717, 1.165) is 6.26 Å². The van der Waals surface area contributed by atoms with Gasteiger partial charge in [-0.25, -0.2) is 13.4 Å². The first-order valence-electron chi connectivity index (χ1n) is 7.98. The van der Waals surface area contributed by atoms with Gasteiger partial charge >= 0.3 is 0 Å². The molecule has 3 aromatic rings. The van der Waals surface area contributed by atoms with E-state index in [1.54, 1.807) is 24.3 Å². The Morgan fingerprint density at radius 1 is 0.964 bits per heavy atom. The van der Waals surface area contributed by atoms with E-state index in [2.05, 4.69) is 4.98 Å². The SMILES string of the molecule is CS(=O)(=O)c1ccc(Oc2cc(N)c(N)cc2Oc2ccccc2C#N)cn1. The highest BCUT2D eigenvalue weighted by Gasteiger charge is 2.14. The van der Waals surface area contributed by atoms with Gasteiger partial charge in [-0.05, 0) is 24.3 Å². The van der Waals surface area contributed by atoms with Crippen molar-refractivity contribution in [2.45, 2.75) is 5.03 Å². The zero-order valence-electron chi connectivity index (χ0n) is 14.8. The number of anilines is 2. The largest absolute Gasteiger partial charge is 0.452 e. The Bertz CT molecular complexity index is 1170. The van der Waals surface area contributed by atoms with E-state index >= 15 is 0 Å². The van der Waals surface area contributed by atoms with E-state index in [1.807, 2.05) is 6.07 Å². The van der Waals surface area contributed by atoms with Gasteiger partial charge in [0.05, 0.1) is 23.1 Å². The summed E-state index contributed by atoms with van der Waals surface area (Å²) in [4.78, 5) is 3.87. The van der Waals surface area contributed by atoms with Crippen LogP contribution in [0.2, 0.25) is 0 Å². The number of aromatic nitrogens is 1. The molecule has 0 radical (unpaired) electrons. The van der Waals surface area contributed by atoms with Crippen LogP contribution >= 0.6 is 0 Å². The molecule has 0 saturated heterocycles. The summed E-state index contributed by atoms with van der Waals surface area (Å²) in [5.74, 6) is 1.06. The summed E-state index contributed by atoms with van der Waals surface area (Å²) in [6.07, 6.45) is 2.34. The minimum absolute atomic E-state index is 0.0731. The Morgan fingerprint density at radius 3 is 2.18 bits per heavy atom. The fourth-order valence-corrected chi connectivity index (χ4v) is 2.85. The number of nitrogens with two attached hydrogens (primary N) is 2. The summed E-state index contributed by atoms with van der Waals surface area (Å²) in [5.41, 5.74) is 12.6. The van der Waals surface area contributed by atoms with Crippen molar-refractivity contribution >= 4 is 21.2 Å². The number of hydrogen-bond donors (Lipinski definition) is 2. The number of pyridine rings is 1. The van der Waals surface area contributed by atoms with E-state index < -0.39 is 9.84 Å². The van der Waals surface area contributed by atoms with Gasteiger partial charge in [0, 0.05) is 18.4 Å². The van der Waals surface area contributed by atoms with Crippen molar-refractivity contribution in [2.24, 2.45) is 0 Å². The molecule has 1 aromatic heterocycles. The monoisotopic (exact) mass is 396 g/mol. The van der Waals surface area contributed by atoms with Gasteiger partial charge in [-0.1, -0.05) is 12.1 Å². The molecule has 4 N–H and O–H groups in total. The fourth-order valence-electron chi connectivity index (χ4n) is 2.29. The molecule has 0 aliphatic heterocycles. The molecule has 0 atom stereocenters. The normalized spacial score (nSPS) is 10.9. The number of ether oxygens (including phenoxy) is 2. The molecule has 0 bridgehead atoms. The van der Waals surface area contributed by atoms with Gasteiger partial charge in [0.25, 0.3) is 0 Å². The molecular formula is C19H16N4O4S. The molecule has 28 heavy (non-hydrogen) atoms. The number of hydrogen-bond acceptors (Lipinski definition) is 8. The molecule has 8 nitrogen and oxygen atoms in total. The molecule has 0 spiro atoms. The smallest absolute Gasteiger partial charge is 0.192 e. The Kier molecular flexibility index (Phi) is 5.06. The third-order valence-electron chi connectivity index (χ3n) is 3.69. The van der Waals surface area contributed by atoms with Gasteiger partial charge in [-0.3, -0.25) is 0 Å². The number of benzene rings is 2. The zero-order chi connectivity index (χ0) is 20.3. The maximum absolute atomic E-state index is 11.5. The maximum Gasteiger partial charge on any atom is 0.192 e. The number of sulfone groups is 1. The third kappa shape index (κ3) is 4.13. The molecule has 2 aromatic carbocycles. The third-order valence-corrected chi connectivity index (χ3v) is 4.70. The molecule has 0 fully saturated rings. The molecule has 3 rings (SSSR count). The number of nitrogens with zero attached hydrogens (tertiary/aromatic N) is 2. The summed E-state index contributed by atoms with van der Waals surface area (Å²) in [5, 5.41) is 9.15. The second-order valence-corrected chi connectivity index (χ2v) is 7.81. The molecule has 142 valence electrons. The number of para-hydroxylation sites is 1. The summed E-state index contributed by atoms with van der Waals surface area (Å²) in [6, 6.07) is 14.5. The highest BCUT2D eigenvalue weighted by molar-refractivity contribution is 7.90. The van der Waals surface area contributed by atoms with Crippen LogP contribution in [0, 0.1) is 11.3 Å². The molecular weight excluding hydrogens is 380 g/mol. The van der Waals surface area contributed by atoms with Crippen LogP contribution in [0.5, 0.6) is 23.0 Å². The predicted molar refractivity (Wildman–Crippen MR) is 104 cm³/mol. The second kappa shape index (κ2) is 7.46.